The minimum Gasteiger partial charge on any atom is -0.306 e. The molecule has 0 radical (unpaired) electrons. The van der Waals surface area contributed by atoms with E-state index in [1.807, 2.05) is 32.0 Å². The molecule has 3 heteroatoms. The first-order valence-corrected chi connectivity index (χ1v) is 7.58. The SMILES string of the molecule is CCNC(c1cc(C)ccc1F)c1cccc(Br)c1C. The third kappa shape index (κ3) is 3.10. The van der Waals surface area contributed by atoms with Gasteiger partial charge in [0.1, 0.15) is 5.82 Å². The first-order chi connectivity index (χ1) is 9.54. The fourth-order valence-electron chi connectivity index (χ4n) is 2.41. The van der Waals surface area contributed by atoms with Crippen molar-refractivity contribution < 1.29 is 4.39 Å². The van der Waals surface area contributed by atoms with Crippen molar-refractivity contribution in [2.45, 2.75) is 26.8 Å². The molecule has 0 aromatic heterocycles. The van der Waals surface area contributed by atoms with Gasteiger partial charge in [0.15, 0.2) is 0 Å². The van der Waals surface area contributed by atoms with E-state index in [1.54, 1.807) is 12.1 Å². The van der Waals surface area contributed by atoms with Gasteiger partial charge in [-0.05, 0) is 43.7 Å². The maximum atomic E-state index is 14.2. The maximum Gasteiger partial charge on any atom is 0.128 e. The summed E-state index contributed by atoms with van der Waals surface area (Å²) in [5, 5.41) is 3.39. The molecule has 0 aliphatic carbocycles. The Morgan fingerprint density at radius 3 is 2.60 bits per heavy atom. The van der Waals surface area contributed by atoms with Gasteiger partial charge >= 0.3 is 0 Å². The molecule has 1 unspecified atom stereocenters. The Morgan fingerprint density at radius 2 is 1.90 bits per heavy atom. The second-order valence-corrected chi connectivity index (χ2v) is 5.82. The molecular formula is C17H19BrFN. The second kappa shape index (κ2) is 6.51. The zero-order valence-electron chi connectivity index (χ0n) is 12.0. The van der Waals surface area contributed by atoms with Crippen molar-refractivity contribution in [3.8, 4) is 0 Å². The lowest BCUT2D eigenvalue weighted by Gasteiger charge is -2.22. The molecule has 1 atom stereocenters. The van der Waals surface area contributed by atoms with Crippen LogP contribution >= 0.6 is 15.9 Å². The molecule has 0 heterocycles. The van der Waals surface area contributed by atoms with Crippen LogP contribution in [0.1, 0.15) is 35.2 Å². The highest BCUT2D eigenvalue weighted by Gasteiger charge is 2.19. The molecule has 0 aliphatic rings. The molecule has 20 heavy (non-hydrogen) atoms. The van der Waals surface area contributed by atoms with Crippen LogP contribution in [0.4, 0.5) is 4.39 Å². The first kappa shape index (κ1) is 15.2. The van der Waals surface area contributed by atoms with Crippen LogP contribution in [0, 0.1) is 19.7 Å². The average Bonchev–Trinajstić information content (AvgIpc) is 2.43. The van der Waals surface area contributed by atoms with Gasteiger partial charge in [0.05, 0.1) is 6.04 Å². The third-order valence-electron chi connectivity index (χ3n) is 3.49. The van der Waals surface area contributed by atoms with Gasteiger partial charge in [-0.2, -0.15) is 0 Å². The molecule has 2 aromatic rings. The molecule has 0 saturated heterocycles. The lowest BCUT2D eigenvalue weighted by Crippen LogP contribution is -2.24. The number of hydrogen-bond donors (Lipinski definition) is 1. The fourth-order valence-corrected chi connectivity index (χ4v) is 2.79. The lowest BCUT2D eigenvalue weighted by molar-refractivity contribution is 0.557. The molecule has 2 rings (SSSR count). The number of rotatable bonds is 4. The van der Waals surface area contributed by atoms with E-state index in [9.17, 15) is 4.39 Å². The van der Waals surface area contributed by atoms with Crippen LogP contribution in [0.3, 0.4) is 0 Å². The Kier molecular flexibility index (Phi) is 4.95. The number of halogens is 2. The minimum absolute atomic E-state index is 0.127. The Labute approximate surface area is 128 Å². The number of aryl methyl sites for hydroxylation is 1. The molecule has 106 valence electrons. The molecular weight excluding hydrogens is 317 g/mol. The van der Waals surface area contributed by atoms with Crippen LogP contribution < -0.4 is 5.32 Å². The summed E-state index contributed by atoms with van der Waals surface area (Å²) in [4.78, 5) is 0. The topological polar surface area (TPSA) is 12.0 Å². The van der Waals surface area contributed by atoms with Crippen LogP contribution in [0.25, 0.3) is 0 Å². The zero-order valence-corrected chi connectivity index (χ0v) is 13.6. The van der Waals surface area contributed by atoms with Gasteiger partial charge in [0, 0.05) is 10.0 Å². The Morgan fingerprint density at radius 1 is 1.15 bits per heavy atom. The Hall–Kier alpha value is -1.19. The molecule has 1 nitrogen and oxygen atoms in total. The van der Waals surface area contributed by atoms with Crippen molar-refractivity contribution in [1.82, 2.24) is 5.32 Å². The van der Waals surface area contributed by atoms with Crippen molar-refractivity contribution in [2.24, 2.45) is 0 Å². The molecule has 0 aliphatic heterocycles. The van der Waals surface area contributed by atoms with Gasteiger partial charge in [-0.15, -0.1) is 0 Å². The standard InChI is InChI=1S/C17H19BrFN/c1-4-20-17(13-6-5-7-15(18)12(13)3)14-10-11(2)8-9-16(14)19/h5-10,17,20H,4H2,1-3H3. The van der Waals surface area contributed by atoms with E-state index in [2.05, 4.69) is 34.2 Å². The van der Waals surface area contributed by atoms with Gasteiger partial charge in [-0.1, -0.05) is 52.7 Å². The highest BCUT2D eigenvalue weighted by atomic mass is 79.9. The summed E-state index contributed by atoms with van der Waals surface area (Å²) in [7, 11) is 0. The monoisotopic (exact) mass is 335 g/mol. The van der Waals surface area contributed by atoms with Crippen LogP contribution in [0.5, 0.6) is 0 Å². The second-order valence-electron chi connectivity index (χ2n) is 4.97. The minimum atomic E-state index is -0.166. The largest absolute Gasteiger partial charge is 0.306 e. The van der Waals surface area contributed by atoms with E-state index in [0.717, 1.165) is 27.7 Å². The molecule has 0 amide bonds. The third-order valence-corrected chi connectivity index (χ3v) is 4.35. The van der Waals surface area contributed by atoms with Crippen molar-refractivity contribution in [3.05, 3.63) is 68.9 Å². The Bertz CT molecular complexity index is 608. The van der Waals surface area contributed by atoms with Crippen molar-refractivity contribution in [2.75, 3.05) is 6.54 Å². The smallest absolute Gasteiger partial charge is 0.128 e. The maximum absolute atomic E-state index is 14.2. The summed E-state index contributed by atoms with van der Waals surface area (Å²) >= 11 is 3.55. The van der Waals surface area contributed by atoms with Gasteiger partial charge in [0.25, 0.3) is 0 Å². The van der Waals surface area contributed by atoms with Crippen LogP contribution in [-0.2, 0) is 0 Å². The summed E-state index contributed by atoms with van der Waals surface area (Å²) < 4.78 is 15.3. The summed E-state index contributed by atoms with van der Waals surface area (Å²) in [5.41, 5.74) is 4.01. The number of hydrogen-bond acceptors (Lipinski definition) is 1. The van der Waals surface area contributed by atoms with Crippen LogP contribution in [0.2, 0.25) is 0 Å². The van der Waals surface area contributed by atoms with Gasteiger partial charge in [0.2, 0.25) is 0 Å². The van der Waals surface area contributed by atoms with Crippen LogP contribution in [0.15, 0.2) is 40.9 Å². The predicted octanol–water partition coefficient (Wildman–Crippen LogP) is 4.90. The summed E-state index contributed by atoms with van der Waals surface area (Å²) in [6.45, 7) is 6.86. The molecule has 1 N–H and O–H groups in total. The quantitative estimate of drug-likeness (QED) is 0.837. The average molecular weight is 336 g/mol. The molecule has 0 fully saturated rings. The van der Waals surface area contributed by atoms with Crippen molar-refractivity contribution in [1.29, 1.82) is 0 Å². The highest BCUT2D eigenvalue weighted by Crippen LogP contribution is 2.30. The Balaban J connectivity index is 2.56. The van der Waals surface area contributed by atoms with E-state index < -0.39 is 0 Å². The lowest BCUT2D eigenvalue weighted by atomic mass is 9.93. The molecule has 0 bridgehead atoms. The highest BCUT2D eigenvalue weighted by molar-refractivity contribution is 9.10. The van der Waals surface area contributed by atoms with E-state index >= 15 is 0 Å². The normalized spacial score (nSPS) is 12.4. The van der Waals surface area contributed by atoms with Crippen molar-refractivity contribution >= 4 is 15.9 Å². The van der Waals surface area contributed by atoms with E-state index in [1.165, 1.54) is 0 Å². The fraction of sp³-hybridized carbons (Fsp3) is 0.294. The summed E-state index contributed by atoms with van der Waals surface area (Å²) in [6.07, 6.45) is 0. The van der Waals surface area contributed by atoms with Crippen LogP contribution in [-0.4, -0.2) is 6.54 Å². The molecule has 0 saturated carbocycles. The van der Waals surface area contributed by atoms with Gasteiger partial charge < -0.3 is 5.32 Å². The van der Waals surface area contributed by atoms with Gasteiger partial charge in [-0.3, -0.25) is 0 Å². The van der Waals surface area contributed by atoms with Gasteiger partial charge in [-0.25, -0.2) is 4.39 Å². The zero-order chi connectivity index (χ0) is 14.7. The number of nitrogens with one attached hydrogen (secondary N) is 1. The first-order valence-electron chi connectivity index (χ1n) is 6.79. The predicted molar refractivity (Wildman–Crippen MR) is 85.5 cm³/mol. The van der Waals surface area contributed by atoms with E-state index in [0.29, 0.717) is 5.56 Å². The van der Waals surface area contributed by atoms with Crippen molar-refractivity contribution in [3.63, 3.8) is 0 Å². The molecule has 2 aromatic carbocycles. The van der Waals surface area contributed by atoms with E-state index in [4.69, 9.17) is 0 Å². The number of benzene rings is 2. The molecule has 0 spiro atoms. The summed E-state index contributed by atoms with van der Waals surface area (Å²) in [5.74, 6) is -0.166. The summed E-state index contributed by atoms with van der Waals surface area (Å²) in [6, 6.07) is 11.2. The van der Waals surface area contributed by atoms with E-state index in [-0.39, 0.29) is 11.9 Å².